The van der Waals surface area contributed by atoms with Gasteiger partial charge in [-0.1, -0.05) is 18.5 Å². The number of hydrogen-bond donors (Lipinski definition) is 1. The van der Waals surface area contributed by atoms with Crippen LogP contribution in [0.1, 0.15) is 28.6 Å². The van der Waals surface area contributed by atoms with Crippen molar-refractivity contribution in [2.24, 2.45) is 0 Å². The highest BCUT2D eigenvalue weighted by Crippen LogP contribution is 2.26. The molecule has 1 aromatic heterocycles. The fourth-order valence-electron chi connectivity index (χ4n) is 1.03. The number of nitriles is 1. The van der Waals surface area contributed by atoms with Crippen LogP contribution < -0.4 is 5.32 Å². The van der Waals surface area contributed by atoms with Crippen molar-refractivity contribution < 1.29 is 4.79 Å². The van der Waals surface area contributed by atoms with Crippen molar-refractivity contribution >= 4 is 28.8 Å². The second kappa shape index (κ2) is 5.15. The number of thiophene rings is 1. The van der Waals surface area contributed by atoms with E-state index in [1.807, 2.05) is 25.3 Å². The lowest BCUT2D eigenvalue weighted by Crippen LogP contribution is -2.32. The molecule has 0 aliphatic carbocycles. The number of carbonyl (C=O) groups excluding carboxylic acids is 1. The van der Waals surface area contributed by atoms with Gasteiger partial charge in [-0.15, -0.1) is 11.3 Å². The Morgan fingerprint density at radius 1 is 1.80 bits per heavy atom. The van der Waals surface area contributed by atoms with Gasteiger partial charge in [0.2, 0.25) is 0 Å². The number of halogens is 1. The fourth-order valence-corrected chi connectivity index (χ4v) is 2.21. The summed E-state index contributed by atoms with van der Waals surface area (Å²) in [4.78, 5) is 12.1. The molecule has 0 bridgehead atoms. The molecule has 5 heteroatoms. The first kappa shape index (κ1) is 12.0. The summed E-state index contributed by atoms with van der Waals surface area (Å²) in [5.74, 6) is -0.272. The molecular formula is C10H11ClN2OS. The van der Waals surface area contributed by atoms with Crippen LogP contribution in [-0.4, -0.2) is 11.9 Å². The van der Waals surface area contributed by atoms with Crippen molar-refractivity contribution in [3.8, 4) is 6.07 Å². The standard InChI is InChI=1S/C10H11ClN2OS/c1-3-7(4-12)13-10(14)9-8(11)6(2)5-15-9/h5,7H,3H2,1-2H3,(H,13,14). The third kappa shape index (κ3) is 2.71. The lowest BCUT2D eigenvalue weighted by Gasteiger charge is -2.07. The molecule has 1 amide bonds. The molecular weight excluding hydrogens is 232 g/mol. The van der Waals surface area contributed by atoms with E-state index < -0.39 is 6.04 Å². The maximum atomic E-state index is 11.7. The number of amides is 1. The van der Waals surface area contributed by atoms with Gasteiger partial charge in [0.1, 0.15) is 10.9 Å². The predicted molar refractivity (Wildman–Crippen MR) is 61.2 cm³/mol. The van der Waals surface area contributed by atoms with Crippen molar-refractivity contribution in [1.82, 2.24) is 5.32 Å². The van der Waals surface area contributed by atoms with E-state index in [0.29, 0.717) is 16.3 Å². The van der Waals surface area contributed by atoms with Crippen LogP contribution in [0.4, 0.5) is 0 Å². The summed E-state index contributed by atoms with van der Waals surface area (Å²) >= 11 is 7.23. The number of nitrogens with one attached hydrogen (secondary N) is 1. The Kier molecular flexibility index (Phi) is 4.13. The molecule has 0 aliphatic rings. The van der Waals surface area contributed by atoms with Crippen LogP contribution in [0.3, 0.4) is 0 Å². The van der Waals surface area contributed by atoms with Crippen LogP contribution in [-0.2, 0) is 0 Å². The van der Waals surface area contributed by atoms with Crippen LogP contribution in [0, 0.1) is 18.3 Å². The fraction of sp³-hybridized carbons (Fsp3) is 0.400. The van der Waals surface area contributed by atoms with Crippen LogP contribution in [0.15, 0.2) is 5.38 Å². The number of nitrogens with zero attached hydrogens (tertiary/aromatic N) is 1. The van der Waals surface area contributed by atoms with Gasteiger partial charge in [0, 0.05) is 0 Å². The Bertz CT molecular complexity index is 408. The first-order chi connectivity index (χ1) is 7.10. The van der Waals surface area contributed by atoms with Gasteiger partial charge in [-0.05, 0) is 24.3 Å². The van der Waals surface area contributed by atoms with Crippen molar-refractivity contribution in [2.75, 3.05) is 0 Å². The minimum absolute atomic E-state index is 0.272. The predicted octanol–water partition coefficient (Wildman–Crippen LogP) is 2.74. The number of aryl methyl sites for hydroxylation is 1. The second-order valence-electron chi connectivity index (χ2n) is 3.13. The van der Waals surface area contributed by atoms with E-state index in [2.05, 4.69) is 5.32 Å². The van der Waals surface area contributed by atoms with Gasteiger partial charge in [-0.3, -0.25) is 4.79 Å². The Morgan fingerprint density at radius 2 is 2.47 bits per heavy atom. The van der Waals surface area contributed by atoms with Crippen molar-refractivity contribution in [3.05, 3.63) is 20.8 Å². The van der Waals surface area contributed by atoms with Crippen molar-refractivity contribution in [1.29, 1.82) is 5.26 Å². The molecule has 1 unspecified atom stereocenters. The van der Waals surface area contributed by atoms with Crippen LogP contribution in [0.5, 0.6) is 0 Å². The molecule has 15 heavy (non-hydrogen) atoms. The summed E-state index contributed by atoms with van der Waals surface area (Å²) in [7, 11) is 0. The number of hydrogen-bond acceptors (Lipinski definition) is 3. The monoisotopic (exact) mass is 242 g/mol. The highest BCUT2D eigenvalue weighted by molar-refractivity contribution is 7.13. The Labute approximate surface area is 97.7 Å². The maximum Gasteiger partial charge on any atom is 0.263 e. The number of rotatable bonds is 3. The summed E-state index contributed by atoms with van der Waals surface area (Å²) < 4.78 is 0. The van der Waals surface area contributed by atoms with Crippen LogP contribution in [0.2, 0.25) is 5.02 Å². The lowest BCUT2D eigenvalue weighted by atomic mass is 10.2. The lowest BCUT2D eigenvalue weighted by molar-refractivity contribution is 0.0949. The molecule has 1 heterocycles. The van der Waals surface area contributed by atoms with Crippen LogP contribution in [0.25, 0.3) is 0 Å². The summed E-state index contributed by atoms with van der Waals surface area (Å²) in [5.41, 5.74) is 0.886. The second-order valence-corrected chi connectivity index (χ2v) is 4.38. The molecule has 0 radical (unpaired) electrons. The quantitative estimate of drug-likeness (QED) is 0.886. The minimum atomic E-state index is -0.448. The van der Waals surface area contributed by atoms with Gasteiger partial charge >= 0.3 is 0 Å². The Balaban J connectivity index is 2.78. The molecule has 1 N–H and O–H groups in total. The molecule has 0 saturated heterocycles. The van der Waals surface area contributed by atoms with Gasteiger partial charge in [-0.2, -0.15) is 5.26 Å². The molecule has 80 valence electrons. The van der Waals surface area contributed by atoms with E-state index in [0.717, 1.165) is 5.56 Å². The van der Waals surface area contributed by atoms with E-state index in [-0.39, 0.29) is 5.91 Å². The average Bonchev–Trinajstić information content (AvgIpc) is 2.56. The molecule has 3 nitrogen and oxygen atoms in total. The van der Waals surface area contributed by atoms with Gasteiger partial charge in [0.25, 0.3) is 5.91 Å². The van der Waals surface area contributed by atoms with E-state index in [1.54, 1.807) is 0 Å². The third-order valence-corrected chi connectivity index (χ3v) is 3.67. The zero-order valence-corrected chi connectivity index (χ0v) is 10.1. The first-order valence-electron chi connectivity index (χ1n) is 4.54. The molecule has 0 fully saturated rings. The highest BCUT2D eigenvalue weighted by Gasteiger charge is 2.17. The first-order valence-corrected chi connectivity index (χ1v) is 5.80. The highest BCUT2D eigenvalue weighted by atomic mass is 35.5. The topological polar surface area (TPSA) is 52.9 Å². The van der Waals surface area contributed by atoms with Crippen molar-refractivity contribution in [2.45, 2.75) is 26.3 Å². The van der Waals surface area contributed by atoms with Gasteiger partial charge < -0.3 is 5.32 Å². The summed E-state index contributed by atoms with van der Waals surface area (Å²) in [5, 5.41) is 13.6. The van der Waals surface area contributed by atoms with Gasteiger partial charge in [-0.25, -0.2) is 0 Å². The molecule has 0 spiro atoms. The maximum absolute atomic E-state index is 11.7. The molecule has 1 rings (SSSR count). The third-order valence-electron chi connectivity index (χ3n) is 1.97. The normalized spacial score (nSPS) is 11.9. The van der Waals surface area contributed by atoms with Gasteiger partial charge in [0.15, 0.2) is 0 Å². The zero-order chi connectivity index (χ0) is 11.4. The Morgan fingerprint density at radius 3 is 2.87 bits per heavy atom. The average molecular weight is 243 g/mol. The summed E-state index contributed by atoms with van der Waals surface area (Å²) in [6, 6.07) is 1.56. The molecule has 1 atom stereocenters. The van der Waals surface area contributed by atoms with E-state index >= 15 is 0 Å². The van der Waals surface area contributed by atoms with E-state index in [4.69, 9.17) is 16.9 Å². The SMILES string of the molecule is CCC(C#N)NC(=O)c1scc(C)c1Cl. The minimum Gasteiger partial charge on any atom is -0.336 e. The molecule has 0 saturated carbocycles. The van der Waals surface area contributed by atoms with Gasteiger partial charge in [0.05, 0.1) is 11.1 Å². The van der Waals surface area contributed by atoms with Crippen LogP contribution >= 0.6 is 22.9 Å². The smallest absolute Gasteiger partial charge is 0.263 e. The Hall–Kier alpha value is -1.05. The molecule has 1 aromatic rings. The van der Waals surface area contributed by atoms with E-state index in [1.165, 1.54) is 11.3 Å². The zero-order valence-electron chi connectivity index (χ0n) is 8.50. The largest absolute Gasteiger partial charge is 0.336 e. The summed E-state index contributed by atoms with van der Waals surface area (Å²) in [6.07, 6.45) is 0.588. The van der Waals surface area contributed by atoms with E-state index in [9.17, 15) is 4.79 Å². The molecule has 0 aliphatic heterocycles. The summed E-state index contributed by atoms with van der Waals surface area (Å²) in [6.45, 7) is 3.69. The van der Waals surface area contributed by atoms with Crippen molar-refractivity contribution in [3.63, 3.8) is 0 Å². The number of carbonyl (C=O) groups is 1. The molecule has 0 aromatic carbocycles.